The molecule has 1 heteroatoms. The second-order valence-corrected chi connectivity index (χ2v) is 2.57. The summed E-state index contributed by atoms with van der Waals surface area (Å²) in [6, 6.07) is 0.468. The van der Waals surface area contributed by atoms with E-state index in [9.17, 15) is 0 Å². The van der Waals surface area contributed by atoms with Crippen LogP contribution < -0.4 is 5.32 Å². The highest BCUT2D eigenvalue weighted by atomic mass is 14.9. The lowest BCUT2D eigenvalue weighted by atomic mass is 10.0. The average Bonchev–Trinajstić information content (AvgIpc) is 2.37. The number of hydrogen-bond acceptors (Lipinski definition) is 0. The highest BCUT2D eigenvalue weighted by Crippen LogP contribution is 2.14. The van der Waals surface area contributed by atoms with Crippen molar-refractivity contribution < 1.29 is 0 Å². The van der Waals surface area contributed by atoms with E-state index in [4.69, 9.17) is 6.42 Å². The Bertz CT molecular complexity index is 117. The van der Waals surface area contributed by atoms with Crippen LogP contribution in [0, 0.1) is 18.3 Å². The van der Waals surface area contributed by atoms with Crippen LogP contribution in [-0.4, -0.2) is 12.6 Å². The summed E-state index contributed by atoms with van der Waals surface area (Å²) in [5.41, 5.74) is 0. The molecular weight excluding hydrogens is 110 g/mol. The third kappa shape index (κ3) is 1.46. The van der Waals surface area contributed by atoms with Gasteiger partial charge in [0.25, 0.3) is 0 Å². The summed E-state index contributed by atoms with van der Waals surface area (Å²) in [7, 11) is 0. The SMILES string of the molecule is C#CC(C)C1CCC[N]1. The predicted octanol–water partition coefficient (Wildman–Crippen LogP) is 1.02. The summed E-state index contributed by atoms with van der Waals surface area (Å²) < 4.78 is 0. The molecule has 1 nitrogen and oxygen atoms in total. The summed E-state index contributed by atoms with van der Waals surface area (Å²) >= 11 is 0. The quantitative estimate of drug-likeness (QED) is 0.461. The molecule has 2 atom stereocenters. The fourth-order valence-corrected chi connectivity index (χ4v) is 1.17. The van der Waals surface area contributed by atoms with E-state index in [0.29, 0.717) is 12.0 Å². The van der Waals surface area contributed by atoms with Crippen LogP contribution in [0.15, 0.2) is 0 Å². The van der Waals surface area contributed by atoms with Crippen LogP contribution in [-0.2, 0) is 0 Å². The van der Waals surface area contributed by atoms with Gasteiger partial charge in [-0.15, -0.1) is 12.3 Å². The van der Waals surface area contributed by atoms with Crippen molar-refractivity contribution in [2.75, 3.05) is 6.54 Å². The van der Waals surface area contributed by atoms with Crippen LogP contribution in [0.3, 0.4) is 0 Å². The molecule has 0 bridgehead atoms. The zero-order valence-corrected chi connectivity index (χ0v) is 5.80. The Hall–Kier alpha value is -0.480. The van der Waals surface area contributed by atoms with E-state index in [1.807, 2.05) is 0 Å². The minimum Gasteiger partial charge on any atom is -0.237 e. The summed E-state index contributed by atoms with van der Waals surface area (Å²) in [4.78, 5) is 0. The first-order valence-corrected chi connectivity index (χ1v) is 3.47. The normalized spacial score (nSPS) is 29.6. The maximum Gasteiger partial charge on any atom is 0.0381 e. The molecule has 0 aromatic rings. The maximum absolute atomic E-state index is 5.24. The molecule has 0 aliphatic carbocycles. The molecule has 1 rings (SSSR count). The van der Waals surface area contributed by atoms with E-state index < -0.39 is 0 Å². The van der Waals surface area contributed by atoms with E-state index in [2.05, 4.69) is 18.2 Å². The van der Waals surface area contributed by atoms with Crippen molar-refractivity contribution in [3.8, 4) is 12.3 Å². The molecule has 9 heavy (non-hydrogen) atoms. The molecule has 0 N–H and O–H groups in total. The molecule has 1 saturated heterocycles. The van der Waals surface area contributed by atoms with Crippen LogP contribution in [0.4, 0.5) is 0 Å². The van der Waals surface area contributed by atoms with Gasteiger partial charge < -0.3 is 0 Å². The van der Waals surface area contributed by atoms with Crippen molar-refractivity contribution in [3.63, 3.8) is 0 Å². The zero-order valence-electron chi connectivity index (χ0n) is 5.80. The van der Waals surface area contributed by atoms with Crippen molar-refractivity contribution >= 4 is 0 Å². The number of terminal acetylenes is 1. The second-order valence-electron chi connectivity index (χ2n) is 2.57. The van der Waals surface area contributed by atoms with Gasteiger partial charge in [-0.2, -0.15) is 0 Å². The highest BCUT2D eigenvalue weighted by molar-refractivity contribution is 4.98. The average molecular weight is 122 g/mol. The molecule has 0 amide bonds. The van der Waals surface area contributed by atoms with E-state index in [-0.39, 0.29) is 0 Å². The number of rotatable bonds is 1. The first-order chi connectivity index (χ1) is 4.34. The van der Waals surface area contributed by atoms with Crippen LogP contribution >= 0.6 is 0 Å². The lowest BCUT2D eigenvalue weighted by molar-refractivity contribution is 0.497. The lowest BCUT2D eigenvalue weighted by Crippen LogP contribution is -2.21. The van der Waals surface area contributed by atoms with Crippen LogP contribution in [0.25, 0.3) is 0 Å². The summed E-state index contributed by atoms with van der Waals surface area (Å²) in [6.07, 6.45) is 7.67. The van der Waals surface area contributed by atoms with Gasteiger partial charge in [-0.1, -0.05) is 0 Å². The van der Waals surface area contributed by atoms with Gasteiger partial charge in [0.05, 0.1) is 0 Å². The first kappa shape index (κ1) is 6.64. The minimum absolute atomic E-state index is 0.354. The van der Waals surface area contributed by atoms with Gasteiger partial charge in [-0.05, 0) is 19.8 Å². The molecule has 0 aromatic heterocycles. The standard InChI is InChI=1S/C8H12N/c1-3-7(2)8-5-4-6-9-8/h1,7-8H,4-6H2,2H3. The molecule has 0 aromatic carbocycles. The second kappa shape index (κ2) is 2.89. The summed E-state index contributed by atoms with van der Waals surface area (Å²) in [5.74, 6) is 3.07. The van der Waals surface area contributed by atoms with E-state index in [1.54, 1.807) is 0 Å². The van der Waals surface area contributed by atoms with Gasteiger partial charge in [0.2, 0.25) is 0 Å². The fourth-order valence-electron chi connectivity index (χ4n) is 1.17. The molecule has 1 aliphatic rings. The molecular formula is C8H12N. The van der Waals surface area contributed by atoms with Gasteiger partial charge in [0.15, 0.2) is 0 Å². The van der Waals surface area contributed by atoms with Gasteiger partial charge in [0.1, 0.15) is 0 Å². The molecule has 0 saturated carbocycles. The Labute approximate surface area is 56.8 Å². The van der Waals surface area contributed by atoms with Crippen molar-refractivity contribution in [3.05, 3.63) is 0 Å². The third-order valence-corrected chi connectivity index (χ3v) is 1.86. The molecule has 1 heterocycles. The minimum atomic E-state index is 0.354. The van der Waals surface area contributed by atoms with Crippen molar-refractivity contribution in [1.29, 1.82) is 0 Å². The van der Waals surface area contributed by atoms with Crippen molar-refractivity contribution in [2.45, 2.75) is 25.8 Å². The van der Waals surface area contributed by atoms with Gasteiger partial charge in [-0.25, -0.2) is 5.32 Å². The van der Waals surface area contributed by atoms with E-state index in [0.717, 1.165) is 6.54 Å². The first-order valence-electron chi connectivity index (χ1n) is 3.47. The molecule has 0 spiro atoms. The van der Waals surface area contributed by atoms with Gasteiger partial charge in [-0.3, -0.25) is 0 Å². The molecule has 1 fully saturated rings. The van der Waals surface area contributed by atoms with E-state index >= 15 is 0 Å². The Morgan fingerprint density at radius 1 is 1.78 bits per heavy atom. The Balaban J connectivity index is 2.34. The summed E-state index contributed by atoms with van der Waals surface area (Å²) in [6.45, 7) is 3.09. The molecule has 49 valence electrons. The van der Waals surface area contributed by atoms with Gasteiger partial charge >= 0.3 is 0 Å². The number of nitrogens with zero attached hydrogens (tertiary/aromatic N) is 1. The topological polar surface area (TPSA) is 14.1 Å². The monoisotopic (exact) mass is 122 g/mol. The Morgan fingerprint density at radius 2 is 2.56 bits per heavy atom. The Kier molecular flexibility index (Phi) is 2.13. The molecule has 2 unspecified atom stereocenters. The number of hydrogen-bond donors (Lipinski definition) is 0. The maximum atomic E-state index is 5.24. The largest absolute Gasteiger partial charge is 0.237 e. The van der Waals surface area contributed by atoms with Crippen LogP contribution in [0.5, 0.6) is 0 Å². The van der Waals surface area contributed by atoms with Crippen molar-refractivity contribution in [1.82, 2.24) is 5.32 Å². The smallest absolute Gasteiger partial charge is 0.0381 e. The van der Waals surface area contributed by atoms with Crippen LogP contribution in [0.2, 0.25) is 0 Å². The third-order valence-electron chi connectivity index (χ3n) is 1.86. The van der Waals surface area contributed by atoms with Gasteiger partial charge in [0, 0.05) is 18.5 Å². The highest BCUT2D eigenvalue weighted by Gasteiger charge is 2.19. The van der Waals surface area contributed by atoms with Crippen LogP contribution in [0.1, 0.15) is 19.8 Å². The molecule has 1 aliphatic heterocycles. The summed E-state index contributed by atoms with van der Waals surface area (Å²) in [5, 5.41) is 4.36. The zero-order chi connectivity index (χ0) is 6.69. The fraction of sp³-hybridized carbons (Fsp3) is 0.750. The molecule has 1 radical (unpaired) electrons. The predicted molar refractivity (Wildman–Crippen MR) is 38.0 cm³/mol. The van der Waals surface area contributed by atoms with E-state index in [1.165, 1.54) is 12.8 Å². The lowest BCUT2D eigenvalue weighted by Gasteiger charge is -2.10. The van der Waals surface area contributed by atoms with Crippen molar-refractivity contribution in [2.24, 2.45) is 5.92 Å². The Morgan fingerprint density at radius 3 is 3.00 bits per heavy atom.